The van der Waals surface area contributed by atoms with E-state index in [1.54, 1.807) is 0 Å². The number of nitrogens with zero attached hydrogens (tertiary/aromatic N) is 1. The van der Waals surface area contributed by atoms with Crippen LogP contribution in [0, 0.1) is 0 Å². The van der Waals surface area contributed by atoms with E-state index in [1.807, 2.05) is 0 Å². The van der Waals surface area contributed by atoms with Crippen molar-refractivity contribution in [3.63, 3.8) is 0 Å². The summed E-state index contributed by atoms with van der Waals surface area (Å²) < 4.78 is 0. The average Bonchev–Trinajstić information content (AvgIpc) is 2.36. The predicted octanol–water partition coefficient (Wildman–Crippen LogP) is 2.72. The fraction of sp³-hybridized carbons (Fsp3) is 0.625. The first-order valence-corrected chi connectivity index (χ1v) is 6.84. The molecule has 0 spiro atoms. The summed E-state index contributed by atoms with van der Waals surface area (Å²) in [6.07, 6.45) is 2.17. The first kappa shape index (κ1) is 15.2. The van der Waals surface area contributed by atoms with E-state index in [2.05, 4.69) is 76.4 Å². The van der Waals surface area contributed by atoms with E-state index >= 15 is 0 Å². The molecule has 1 rings (SSSR count). The van der Waals surface area contributed by atoms with Crippen LogP contribution in [0.2, 0.25) is 0 Å². The highest BCUT2D eigenvalue weighted by molar-refractivity contribution is 5.23. The van der Waals surface area contributed by atoms with Gasteiger partial charge in [-0.1, -0.05) is 31.2 Å². The van der Waals surface area contributed by atoms with Gasteiger partial charge in [-0.15, -0.1) is 0 Å². The molecule has 0 aliphatic rings. The molecule has 1 atom stereocenters. The summed E-state index contributed by atoms with van der Waals surface area (Å²) in [5.74, 6) is 0. The molecule has 1 N–H and O–H groups in total. The maximum Gasteiger partial charge on any atom is 0.0303 e. The van der Waals surface area contributed by atoms with Crippen molar-refractivity contribution in [3.8, 4) is 0 Å². The van der Waals surface area contributed by atoms with E-state index in [0.29, 0.717) is 6.04 Å². The Bertz CT molecular complexity index is 352. The van der Waals surface area contributed by atoms with Gasteiger partial charge in [-0.2, -0.15) is 0 Å². The van der Waals surface area contributed by atoms with Gasteiger partial charge in [0.1, 0.15) is 0 Å². The Morgan fingerprint density at radius 2 is 1.61 bits per heavy atom. The minimum atomic E-state index is 0.137. The van der Waals surface area contributed by atoms with Gasteiger partial charge in [-0.05, 0) is 59.0 Å². The lowest BCUT2D eigenvalue weighted by Crippen LogP contribution is -2.55. The van der Waals surface area contributed by atoms with E-state index in [4.69, 9.17) is 0 Å². The minimum absolute atomic E-state index is 0.137. The Morgan fingerprint density at radius 1 is 1.11 bits per heavy atom. The fourth-order valence-electron chi connectivity index (χ4n) is 2.16. The molecule has 2 nitrogen and oxygen atoms in total. The number of likely N-dealkylation sites (N-methyl/N-ethyl adjacent to an activating group) is 2. The van der Waals surface area contributed by atoms with Crippen LogP contribution in [0.5, 0.6) is 0 Å². The topological polar surface area (TPSA) is 15.3 Å². The smallest absolute Gasteiger partial charge is 0.0303 e. The fourth-order valence-corrected chi connectivity index (χ4v) is 2.16. The van der Waals surface area contributed by atoms with Crippen LogP contribution >= 0.6 is 0 Å². The van der Waals surface area contributed by atoms with E-state index < -0.39 is 0 Å². The highest BCUT2D eigenvalue weighted by atomic mass is 15.2. The second kappa shape index (κ2) is 6.35. The third kappa shape index (κ3) is 3.56. The van der Waals surface area contributed by atoms with Gasteiger partial charge < -0.3 is 10.2 Å². The van der Waals surface area contributed by atoms with Crippen molar-refractivity contribution >= 4 is 0 Å². The SMILES string of the molecule is CCc1ccc(CC(NC)C(C)(C)N(C)C)cc1. The van der Waals surface area contributed by atoms with Crippen molar-refractivity contribution in [1.82, 2.24) is 10.2 Å². The number of aryl methyl sites for hydroxylation is 1. The zero-order valence-corrected chi connectivity index (χ0v) is 12.7. The van der Waals surface area contributed by atoms with Crippen molar-refractivity contribution in [2.45, 2.75) is 45.2 Å². The summed E-state index contributed by atoms with van der Waals surface area (Å²) in [6.45, 7) is 6.77. The van der Waals surface area contributed by atoms with Gasteiger partial charge in [-0.3, -0.25) is 0 Å². The van der Waals surface area contributed by atoms with Crippen molar-refractivity contribution in [2.75, 3.05) is 21.1 Å². The number of hydrogen-bond donors (Lipinski definition) is 1. The summed E-state index contributed by atoms with van der Waals surface area (Å²) in [5.41, 5.74) is 2.95. The largest absolute Gasteiger partial charge is 0.315 e. The zero-order chi connectivity index (χ0) is 13.8. The number of nitrogens with one attached hydrogen (secondary N) is 1. The molecule has 0 saturated heterocycles. The molecule has 18 heavy (non-hydrogen) atoms. The highest BCUT2D eigenvalue weighted by Crippen LogP contribution is 2.19. The quantitative estimate of drug-likeness (QED) is 0.833. The number of rotatable bonds is 6. The van der Waals surface area contributed by atoms with E-state index in [9.17, 15) is 0 Å². The first-order chi connectivity index (χ1) is 8.41. The molecule has 0 heterocycles. The van der Waals surface area contributed by atoms with Gasteiger partial charge in [0.05, 0.1) is 0 Å². The molecule has 1 unspecified atom stereocenters. The molecule has 0 bridgehead atoms. The molecule has 0 aromatic heterocycles. The molecule has 0 fully saturated rings. The van der Waals surface area contributed by atoms with E-state index in [0.717, 1.165) is 12.8 Å². The van der Waals surface area contributed by atoms with Crippen LogP contribution < -0.4 is 5.32 Å². The molecule has 0 aliphatic heterocycles. The third-order valence-electron chi connectivity index (χ3n) is 4.22. The predicted molar refractivity (Wildman–Crippen MR) is 80.1 cm³/mol. The van der Waals surface area contributed by atoms with Crippen LogP contribution in [0.4, 0.5) is 0 Å². The van der Waals surface area contributed by atoms with Crippen LogP contribution in [-0.4, -0.2) is 37.6 Å². The lowest BCUT2D eigenvalue weighted by molar-refractivity contribution is 0.141. The highest BCUT2D eigenvalue weighted by Gasteiger charge is 2.30. The molecular weight excluding hydrogens is 220 g/mol. The third-order valence-corrected chi connectivity index (χ3v) is 4.22. The Morgan fingerprint density at radius 3 is 2.00 bits per heavy atom. The summed E-state index contributed by atoms with van der Waals surface area (Å²) in [5, 5.41) is 3.46. The van der Waals surface area contributed by atoms with E-state index in [-0.39, 0.29) is 5.54 Å². The normalized spacial score (nSPS) is 13.9. The van der Waals surface area contributed by atoms with Crippen molar-refractivity contribution < 1.29 is 0 Å². The van der Waals surface area contributed by atoms with Crippen molar-refractivity contribution in [2.24, 2.45) is 0 Å². The lowest BCUT2D eigenvalue weighted by Gasteiger charge is -2.40. The molecule has 0 saturated carbocycles. The summed E-state index contributed by atoms with van der Waals surface area (Å²) >= 11 is 0. The first-order valence-electron chi connectivity index (χ1n) is 6.84. The zero-order valence-electron chi connectivity index (χ0n) is 12.7. The monoisotopic (exact) mass is 248 g/mol. The van der Waals surface area contributed by atoms with Gasteiger partial charge in [0.15, 0.2) is 0 Å². The minimum Gasteiger partial charge on any atom is -0.315 e. The molecule has 102 valence electrons. The Balaban J connectivity index is 2.79. The molecular formula is C16H28N2. The lowest BCUT2D eigenvalue weighted by atomic mass is 9.88. The van der Waals surface area contributed by atoms with Crippen molar-refractivity contribution in [1.29, 1.82) is 0 Å². The van der Waals surface area contributed by atoms with E-state index in [1.165, 1.54) is 11.1 Å². The standard InChI is InChI=1S/C16H28N2/c1-7-13-8-10-14(11-9-13)12-15(17-4)16(2,3)18(5)6/h8-11,15,17H,7,12H2,1-6H3. The van der Waals surface area contributed by atoms with Crippen LogP contribution in [0.25, 0.3) is 0 Å². The maximum atomic E-state index is 3.46. The van der Waals surface area contributed by atoms with Gasteiger partial charge in [-0.25, -0.2) is 0 Å². The van der Waals surface area contributed by atoms with Crippen LogP contribution in [0.15, 0.2) is 24.3 Å². The summed E-state index contributed by atoms with van der Waals surface area (Å²) in [7, 11) is 6.34. The molecule has 2 heteroatoms. The maximum absolute atomic E-state index is 3.46. The second-order valence-corrected chi connectivity index (χ2v) is 5.76. The Hall–Kier alpha value is -0.860. The molecule has 0 amide bonds. The van der Waals surface area contributed by atoms with Gasteiger partial charge >= 0.3 is 0 Å². The summed E-state index contributed by atoms with van der Waals surface area (Å²) in [4.78, 5) is 2.29. The van der Waals surface area contributed by atoms with Crippen LogP contribution in [0.1, 0.15) is 31.9 Å². The second-order valence-electron chi connectivity index (χ2n) is 5.76. The average molecular weight is 248 g/mol. The Labute approximate surface area is 112 Å². The van der Waals surface area contributed by atoms with Crippen LogP contribution in [0.3, 0.4) is 0 Å². The summed E-state index contributed by atoms with van der Waals surface area (Å²) in [6, 6.07) is 9.44. The molecule has 1 aromatic carbocycles. The molecule has 0 aliphatic carbocycles. The van der Waals surface area contributed by atoms with Gasteiger partial charge in [0.25, 0.3) is 0 Å². The van der Waals surface area contributed by atoms with Gasteiger partial charge in [0, 0.05) is 11.6 Å². The van der Waals surface area contributed by atoms with Crippen molar-refractivity contribution in [3.05, 3.63) is 35.4 Å². The van der Waals surface area contributed by atoms with Crippen LogP contribution in [-0.2, 0) is 12.8 Å². The Kier molecular flexibility index (Phi) is 5.36. The molecule has 1 aromatic rings. The number of hydrogen-bond acceptors (Lipinski definition) is 2. The van der Waals surface area contributed by atoms with Gasteiger partial charge in [0.2, 0.25) is 0 Å². The molecule has 0 radical (unpaired) electrons. The number of benzene rings is 1.